The third-order valence-corrected chi connectivity index (χ3v) is 2.19. The molecule has 1 atom stereocenters. The molecule has 1 rings (SSSR count). The number of non-ortho nitro benzene ring substituents is 1. The zero-order valence-corrected chi connectivity index (χ0v) is 10.1. The number of nitro benzene ring substituents is 1. The Bertz CT molecular complexity index is 521. The van der Waals surface area contributed by atoms with Crippen LogP contribution >= 0.6 is 0 Å². The first-order chi connectivity index (χ1) is 9.43. The second-order valence-corrected chi connectivity index (χ2v) is 3.66. The molecule has 0 spiro atoms. The fourth-order valence-electron chi connectivity index (χ4n) is 1.24. The fraction of sp³-hybridized carbons (Fsp3) is 0.273. The van der Waals surface area contributed by atoms with E-state index in [0.29, 0.717) is 0 Å². The number of aliphatic carboxylic acids is 1. The summed E-state index contributed by atoms with van der Waals surface area (Å²) >= 11 is 0. The van der Waals surface area contributed by atoms with Crippen molar-refractivity contribution in [1.82, 2.24) is 5.32 Å². The van der Waals surface area contributed by atoms with Gasteiger partial charge in [-0.3, -0.25) is 14.9 Å². The largest absolute Gasteiger partial charge is 0.484 e. The van der Waals surface area contributed by atoms with Gasteiger partial charge in [0, 0.05) is 6.07 Å². The van der Waals surface area contributed by atoms with Crippen LogP contribution in [0.1, 0.15) is 0 Å². The van der Waals surface area contributed by atoms with Crippen LogP contribution < -0.4 is 10.1 Å². The molecule has 2 N–H and O–H groups in total. The topological polar surface area (TPSA) is 119 Å². The van der Waals surface area contributed by atoms with Gasteiger partial charge in [0.15, 0.2) is 12.6 Å². The number of carboxylic acid groups (broad SMARTS) is 1. The van der Waals surface area contributed by atoms with Gasteiger partial charge < -0.3 is 15.2 Å². The van der Waals surface area contributed by atoms with E-state index in [1.165, 1.54) is 18.2 Å². The Balaban J connectivity index is 2.54. The highest BCUT2D eigenvalue weighted by Crippen LogP contribution is 2.18. The quantitative estimate of drug-likeness (QED) is 0.557. The Hall–Kier alpha value is -2.71. The molecule has 20 heavy (non-hydrogen) atoms. The summed E-state index contributed by atoms with van der Waals surface area (Å²) in [4.78, 5) is 31.7. The van der Waals surface area contributed by atoms with Crippen molar-refractivity contribution in [3.63, 3.8) is 0 Å². The highest BCUT2D eigenvalue weighted by molar-refractivity contribution is 5.84. The molecule has 1 unspecified atom stereocenters. The number of nitro groups is 1. The maximum Gasteiger partial charge on any atom is 0.328 e. The van der Waals surface area contributed by atoms with E-state index in [-0.39, 0.29) is 11.4 Å². The van der Waals surface area contributed by atoms with Crippen molar-refractivity contribution in [3.05, 3.63) is 34.4 Å². The van der Waals surface area contributed by atoms with E-state index >= 15 is 0 Å². The van der Waals surface area contributed by atoms with E-state index in [4.69, 9.17) is 9.84 Å². The van der Waals surface area contributed by atoms with E-state index < -0.39 is 36.1 Å². The van der Waals surface area contributed by atoms with Crippen molar-refractivity contribution < 1.29 is 28.7 Å². The lowest BCUT2D eigenvalue weighted by Crippen LogP contribution is -2.44. The molecule has 1 aromatic carbocycles. The number of carbonyl (C=O) groups excluding carboxylic acids is 1. The van der Waals surface area contributed by atoms with Crippen LogP contribution in [-0.4, -0.2) is 41.2 Å². The molecule has 0 radical (unpaired) electrons. The van der Waals surface area contributed by atoms with Gasteiger partial charge >= 0.3 is 5.97 Å². The molecule has 9 heteroatoms. The average Bonchev–Trinajstić information content (AvgIpc) is 2.42. The molecule has 1 aromatic rings. The zero-order valence-electron chi connectivity index (χ0n) is 10.1. The normalized spacial score (nSPS) is 11.4. The number of hydrogen-bond acceptors (Lipinski definition) is 5. The molecular weight excluding hydrogens is 275 g/mol. The second kappa shape index (κ2) is 7.02. The Kier molecular flexibility index (Phi) is 5.39. The Labute approximate surface area is 112 Å². The lowest BCUT2D eigenvalue weighted by atomic mass is 10.3. The number of nitrogens with zero attached hydrogens (tertiary/aromatic N) is 1. The maximum atomic E-state index is 12.3. The van der Waals surface area contributed by atoms with Crippen molar-refractivity contribution >= 4 is 17.6 Å². The van der Waals surface area contributed by atoms with Crippen LogP contribution in [0.25, 0.3) is 0 Å². The fourth-order valence-corrected chi connectivity index (χ4v) is 1.24. The number of alkyl halides is 1. The van der Waals surface area contributed by atoms with Gasteiger partial charge in [-0.25, -0.2) is 9.18 Å². The van der Waals surface area contributed by atoms with Crippen LogP contribution in [0.5, 0.6) is 5.75 Å². The summed E-state index contributed by atoms with van der Waals surface area (Å²) in [5.74, 6) is -2.28. The smallest absolute Gasteiger partial charge is 0.328 e. The summed E-state index contributed by atoms with van der Waals surface area (Å²) < 4.78 is 17.2. The van der Waals surface area contributed by atoms with E-state index in [0.717, 1.165) is 6.07 Å². The Morgan fingerprint density at radius 1 is 1.50 bits per heavy atom. The van der Waals surface area contributed by atoms with E-state index in [1.807, 2.05) is 5.32 Å². The zero-order chi connectivity index (χ0) is 15.1. The molecule has 8 nitrogen and oxygen atoms in total. The molecule has 0 aliphatic rings. The Morgan fingerprint density at radius 3 is 2.75 bits per heavy atom. The van der Waals surface area contributed by atoms with Crippen LogP contribution in [0.3, 0.4) is 0 Å². The molecule has 1 amide bonds. The molecule has 0 aliphatic heterocycles. The number of carbonyl (C=O) groups is 2. The number of carboxylic acids is 1. The first kappa shape index (κ1) is 15.3. The highest BCUT2D eigenvalue weighted by atomic mass is 19.1. The van der Waals surface area contributed by atoms with Gasteiger partial charge in [0.25, 0.3) is 11.6 Å². The summed E-state index contributed by atoms with van der Waals surface area (Å²) in [6.07, 6.45) is 0. The van der Waals surface area contributed by atoms with E-state index in [2.05, 4.69) is 0 Å². The summed E-state index contributed by atoms with van der Waals surface area (Å²) in [7, 11) is 0. The summed E-state index contributed by atoms with van der Waals surface area (Å²) in [5.41, 5.74) is -0.213. The van der Waals surface area contributed by atoms with Gasteiger partial charge in [-0.05, 0) is 6.07 Å². The van der Waals surface area contributed by atoms with Gasteiger partial charge in [-0.1, -0.05) is 6.07 Å². The first-order valence-electron chi connectivity index (χ1n) is 5.39. The predicted molar refractivity (Wildman–Crippen MR) is 64.1 cm³/mol. The van der Waals surface area contributed by atoms with Crippen LogP contribution in [0, 0.1) is 10.1 Å². The SMILES string of the molecule is O=C(COc1cccc([N+](=O)[O-])c1)NC(CF)C(=O)O. The lowest BCUT2D eigenvalue weighted by Gasteiger charge is -2.11. The minimum Gasteiger partial charge on any atom is -0.484 e. The highest BCUT2D eigenvalue weighted by Gasteiger charge is 2.19. The number of benzene rings is 1. The van der Waals surface area contributed by atoms with Crippen LogP contribution in [0.15, 0.2) is 24.3 Å². The Morgan fingerprint density at radius 2 is 2.20 bits per heavy atom. The van der Waals surface area contributed by atoms with Gasteiger partial charge in [-0.2, -0.15) is 0 Å². The molecule has 0 aromatic heterocycles. The number of rotatable bonds is 7. The third kappa shape index (κ3) is 4.52. The number of hydrogen-bond donors (Lipinski definition) is 2. The first-order valence-corrected chi connectivity index (χ1v) is 5.39. The monoisotopic (exact) mass is 286 g/mol. The number of halogens is 1. The van der Waals surface area contributed by atoms with Crippen LogP contribution in [0.2, 0.25) is 0 Å². The molecule has 0 heterocycles. The number of amides is 1. The van der Waals surface area contributed by atoms with Crippen LogP contribution in [-0.2, 0) is 9.59 Å². The van der Waals surface area contributed by atoms with E-state index in [1.54, 1.807) is 0 Å². The van der Waals surface area contributed by atoms with Crippen molar-refractivity contribution in [2.75, 3.05) is 13.3 Å². The van der Waals surface area contributed by atoms with Gasteiger partial charge in [0.05, 0.1) is 11.0 Å². The van der Waals surface area contributed by atoms with Crippen molar-refractivity contribution in [1.29, 1.82) is 0 Å². The summed E-state index contributed by atoms with van der Waals surface area (Å²) in [6, 6.07) is 3.47. The average molecular weight is 286 g/mol. The summed E-state index contributed by atoms with van der Waals surface area (Å²) in [6.45, 7) is -1.83. The van der Waals surface area contributed by atoms with Gasteiger partial charge in [-0.15, -0.1) is 0 Å². The second-order valence-electron chi connectivity index (χ2n) is 3.66. The minimum absolute atomic E-state index is 0.0708. The minimum atomic E-state index is -1.64. The van der Waals surface area contributed by atoms with Crippen molar-refractivity contribution in [3.8, 4) is 5.75 Å². The third-order valence-electron chi connectivity index (χ3n) is 2.19. The predicted octanol–water partition coefficient (Wildman–Crippen LogP) is 0.512. The molecule has 0 aliphatic carbocycles. The molecular formula is C11H11FN2O6. The van der Waals surface area contributed by atoms with Crippen molar-refractivity contribution in [2.24, 2.45) is 0 Å². The van der Waals surface area contributed by atoms with Gasteiger partial charge in [0.2, 0.25) is 0 Å². The van der Waals surface area contributed by atoms with Gasteiger partial charge in [0.1, 0.15) is 12.4 Å². The summed E-state index contributed by atoms with van der Waals surface area (Å²) in [5, 5.41) is 21.0. The van der Waals surface area contributed by atoms with Crippen molar-refractivity contribution in [2.45, 2.75) is 6.04 Å². The molecule has 0 saturated heterocycles. The number of ether oxygens (including phenoxy) is 1. The number of nitrogens with one attached hydrogen (secondary N) is 1. The molecule has 108 valence electrons. The lowest BCUT2D eigenvalue weighted by molar-refractivity contribution is -0.384. The van der Waals surface area contributed by atoms with E-state index in [9.17, 15) is 24.1 Å². The standard InChI is InChI=1S/C11H11FN2O6/c12-5-9(11(16)17)13-10(15)6-20-8-3-1-2-7(4-8)14(18)19/h1-4,9H,5-6H2,(H,13,15)(H,16,17). The van der Waals surface area contributed by atoms with Crippen LogP contribution in [0.4, 0.5) is 10.1 Å². The molecule has 0 bridgehead atoms. The maximum absolute atomic E-state index is 12.3. The molecule has 0 fully saturated rings. The molecule has 0 saturated carbocycles.